The molecule has 1 aliphatic rings. The molecule has 5 rings (SSSR count). The second-order valence-corrected chi connectivity index (χ2v) is 9.49. The molecule has 0 aliphatic carbocycles. The molecule has 0 unspecified atom stereocenters. The molecule has 164 valence electrons. The SMILES string of the molecule is Cc1ccc(-c2noc(N3CCN(S(=O)(=O)c4ccc(-c5cnco5)cc4)CC3)n2)cc1. The van der Waals surface area contributed by atoms with Gasteiger partial charge in [-0.3, -0.25) is 0 Å². The molecule has 1 aliphatic heterocycles. The van der Waals surface area contributed by atoms with Gasteiger partial charge in [-0.05, 0) is 31.2 Å². The number of oxazole rings is 1. The predicted octanol–water partition coefficient (Wildman–Crippen LogP) is 3.21. The number of rotatable bonds is 5. The lowest BCUT2D eigenvalue weighted by Gasteiger charge is -2.32. The average Bonchev–Trinajstić information content (AvgIpc) is 3.53. The van der Waals surface area contributed by atoms with Gasteiger partial charge in [0.1, 0.15) is 0 Å². The number of hydrogen-bond donors (Lipinski definition) is 0. The molecule has 0 N–H and O–H groups in total. The lowest BCUT2D eigenvalue weighted by molar-refractivity contribution is 0.355. The first kappa shape index (κ1) is 20.4. The van der Waals surface area contributed by atoms with Crippen LogP contribution in [0.1, 0.15) is 5.56 Å². The number of piperazine rings is 1. The van der Waals surface area contributed by atoms with Crippen LogP contribution >= 0.6 is 0 Å². The third-order valence-electron chi connectivity index (χ3n) is 5.44. The average molecular weight is 452 g/mol. The molecule has 0 atom stereocenters. The van der Waals surface area contributed by atoms with Crippen LogP contribution in [0.15, 0.2) is 75.0 Å². The molecule has 4 aromatic rings. The van der Waals surface area contributed by atoms with Crippen molar-refractivity contribution in [3.63, 3.8) is 0 Å². The van der Waals surface area contributed by atoms with E-state index < -0.39 is 10.0 Å². The quantitative estimate of drug-likeness (QED) is 0.455. The van der Waals surface area contributed by atoms with E-state index in [1.165, 1.54) is 10.7 Å². The van der Waals surface area contributed by atoms with E-state index in [0.29, 0.717) is 43.8 Å². The molecule has 3 heterocycles. The number of aryl methyl sites for hydroxylation is 1. The van der Waals surface area contributed by atoms with Gasteiger partial charge >= 0.3 is 6.01 Å². The second-order valence-electron chi connectivity index (χ2n) is 7.55. The first-order valence-corrected chi connectivity index (χ1v) is 11.6. The van der Waals surface area contributed by atoms with Gasteiger partial charge in [0.25, 0.3) is 0 Å². The highest BCUT2D eigenvalue weighted by molar-refractivity contribution is 7.89. The molecular weight excluding hydrogens is 430 g/mol. The predicted molar refractivity (Wildman–Crippen MR) is 117 cm³/mol. The van der Waals surface area contributed by atoms with Crippen molar-refractivity contribution in [2.75, 3.05) is 31.1 Å². The second kappa shape index (κ2) is 8.21. The van der Waals surface area contributed by atoms with Crippen molar-refractivity contribution in [1.82, 2.24) is 19.4 Å². The maximum Gasteiger partial charge on any atom is 0.324 e. The Labute approximate surface area is 185 Å². The van der Waals surface area contributed by atoms with E-state index in [4.69, 9.17) is 8.94 Å². The van der Waals surface area contributed by atoms with Crippen LogP contribution in [-0.2, 0) is 10.0 Å². The van der Waals surface area contributed by atoms with Gasteiger partial charge in [0.15, 0.2) is 12.2 Å². The fourth-order valence-corrected chi connectivity index (χ4v) is 5.00. The number of sulfonamides is 1. The van der Waals surface area contributed by atoms with Crippen molar-refractivity contribution < 1.29 is 17.4 Å². The zero-order chi connectivity index (χ0) is 22.1. The fourth-order valence-electron chi connectivity index (χ4n) is 3.58. The highest BCUT2D eigenvalue weighted by Crippen LogP contribution is 2.25. The molecule has 32 heavy (non-hydrogen) atoms. The molecule has 0 spiro atoms. The summed E-state index contributed by atoms with van der Waals surface area (Å²) in [7, 11) is -3.60. The Hall–Kier alpha value is -3.50. The van der Waals surface area contributed by atoms with Crippen molar-refractivity contribution >= 4 is 16.0 Å². The van der Waals surface area contributed by atoms with E-state index in [-0.39, 0.29) is 4.90 Å². The summed E-state index contributed by atoms with van der Waals surface area (Å²) in [6.45, 7) is 3.60. The minimum Gasteiger partial charge on any atom is -0.444 e. The summed E-state index contributed by atoms with van der Waals surface area (Å²) in [5.74, 6) is 1.11. The van der Waals surface area contributed by atoms with Crippen LogP contribution < -0.4 is 4.90 Å². The van der Waals surface area contributed by atoms with E-state index >= 15 is 0 Å². The van der Waals surface area contributed by atoms with E-state index in [0.717, 1.165) is 16.7 Å². The van der Waals surface area contributed by atoms with Crippen LogP contribution in [0.4, 0.5) is 6.01 Å². The van der Waals surface area contributed by atoms with Gasteiger partial charge in [0.05, 0.1) is 11.1 Å². The minimum absolute atomic E-state index is 0.244. The van der Waals surface area contributed by atoms with Gasteiger partial charge in [0.2, 0.25) is 15.8 Å². The number of anilines is 1. The summed E-state index contributed by atoms with van der Waals surface area (Å²) < 4.78 is 38.3. The van der Waals surface area contributed by atoms with Crippen molar-refractivity contribution in [3.05, 3.63) is 66.7 Å². The van der Waals surface area contributed by atoms with Crippen LogP contribution in [0.2, 0.25) is 0 Å². The van der Waals surface area contributed by atoms with Gasteiger partial charge in [-0.25, -0.2) is 13.4 Å². The summed E-state index contributed by atoms with van der Waals surface area (Å²) in [6, 6.07) is 14.9. The fraction of sp³-hybridized carbons (Fsp3) is 0.227. The smallest absolute Gasteiger partial charge is 0.324 e. The lowest BCUT2D eigenvalue weighted by atomic mass is 10.1. The van der Waals surface area contributed by atoms with Crippen molar-refractivity contribution in [2.24, 2.45) is 0 Å². The summed E-state index contributed by atoms with van der Waals surface area (Å²) in [4.78, 5) is 10.5. The van der Waals surface area contributed by atoms with Gasteiger partial charge in [-0.1, -0.05) is 35.0 Å². The summed E-state index contributed by atoms with van der Waals surface area (Å²) >= 11 is 0. The molecule has 1 fully saturated rings. The van der Waals surface area contributed by atoms with Gasteiger partial charge in [-0.15, -0.1) is 0 Å². The highest BCUT2D eigenvalue weighted by atomic mass is 32.2. The minimum atomic E-state index is -3.60. The molecule has 0 bridgehead atoms. The Balaban J connectivity index is 1.25. The maximum atomic E-state index is 13.1. The number of benzene rings is 2. The molecule has 9 nitrogen and oxygen atoms in total. The van der Waals surface area contributed by atoms with E-state index in [2.05, 4.69) is 15.1 Å². The molecule has 2 aromatic carbocycles. The van der Waals surface area contributed by atoms with Crippen molar-refractivity contribution in [3.8, 4) is 22.7 Å². The molecule has 0 amide bonds. The van der Waals surface area contributed by atoms with Crippen LogP contribution in [0.3, 0.4) is 0 Å². The summed E-state index contributed by atoms with van der Waals surface area (Å²) in [5.41, 5.74) is 2.80. The maximum absolute atomic E-state index is 13.1. The molecule has 1 saturated heterocycles. The third-order valence-corrected chi connectivity index (χ3v) is 7.36. The Kier molecular flexibility index (Phi) is 5.24. The molecule has 0 saturated carbocycles. The zero-order valence-corrected chi connectivity index (χ0v) is 18.2. The largest absolute Gasteiger partial charge is 0.444 e. The van der Waals surface area contributed by atoms with Gasteiger partial charge < -0.3 is 13.8 Å². The molecular formula is C22H21N5O4S. The van der Waals surface area contributed by atoms with Crippen molar-refractivity contribution in [2.45, 2.75) is 11.8 Å². The standard InChI is InChI=1S/C22H21N5O4S/c1-16-2-4-18(5-3-16)21-24-22(31-25-21)26-10-12-27(13-11-26)32(28,29)19-8-6-17(7-9-19)20-14-23-15-30-20/h2-9,14-15H,10-13H2,1H3. The third kappa shape index (κ3) is 3.90. The van der Waals surface area contributed by atoms with Gasteiger partial charge in [0, 0.05) is 37.3 Å². The number of aromatic nitrogens is 3. The van der Waals surface area contributed by atoms with E-state index in [1.54, 1.807) is 30.5 Å². The van der Waals surface area contributed by atoms with Crippen molar-refractivity contribution in [1.29, 1.82) is 0 Å². The molecule has 2 aromatic heterocycles. The zero-order valence-electron chi connectivity index (χ0n) is 17.4. The normalized spacial score (nSPS) is 15.2. The number of nitrogens with zero attached hydrogens (tertiary/aromatic N) is 5. The van der Waals surface area contributed by atoms with E-state index in [9.17, 15) is 8.42 Å². The Bertz CT molecular complexity index is 1290. The van der Waals surface area contributed by atoms with Crippen LogP contribution in [0.25, 0.3) is 22.7 Å². The van der Waals surface area contributed by atoms with Crippen LogP contribution in [-0.4, -0.2) is 54.0 Å². The first-order valence-electron chi connectivity index (χ1n) is 10.2. The first-order chi connectivity index (χ1) is 15.5. The topological polar surface area (TPSA) is 106 Å². The van der Waals surface area contributed by atoms with Crippen LogP contribution in [0, 0.1) is 6.92 Å². The Morgan fingerprint density at radius 1 is 0.906 bits per heavy atom. The van der Waals surface area contributed by atoms with E-state index in [1.807, 2.05) is 36.1 Å². The summed E-state index contributed by atoms with van der Waals surface area (Å²) in [6.07, 6.45) is 2.93. The Morgan fingerprint density at radius 3 is 2.25 bits per heavy atom. The number of hydrogen-bond acceptors (Lipinski definition) is 8. The van der Waals surface area contributed by atoms with Crippen LogP contribution in [0.5, 0.6) is 0 Å². The lowest BCUT2D eigenvalue weighted by Crippen LogP contribution is -2.48. The Morgan fingerprint density at radius 2 is 1.59 bits per heavy atom. The monoisotopic (exact) mass is 451 g/mol. The highest BCUT2D eigenvalue weighted by Gasteiger charge is 2.30. The summed E-state index contributed by atoms with van der Waals surface area (Å²) in [5, 5.41) is 4.06. The molecule has 0 radical (unpaired) electrons. The molecule has 10 heteroatoms. The van der Waals surface area contributed by atoms with Gasteiger partial charge in [-0.2, -0.15) is 9.29 Å².